The fourth-order valence-electron chi connectivity index (χ4n) is 6.69. The Kier molecular flexibility index (Phi) is 7.52. The molecule has 0 spiro atoms. The SMILES string of the molecule is CNC(=O)NC1CCC(CCN2CCC(c3c[nH]c4ccccc34)CC2)N(C(=O)c2cc3ccc(C)cc3[nH]2)C1. The predicted octanol–water partition coefficient (Wildman–Crippen LogP) is 5.13. The summed E-state index contributed by atoms with van der Waals surface area (Å²) in [5.41, 5.74) is 5.42. The lowest BCUT2D eigenvalue weighted by atomic mass is 9.89. The molecule has 4 aromatic rings. The van der Waals surface area contributed by atoms with Crippen LogP contribution in [0.15, 0.2) is 54.7 Å². The first-order valence-electron chi connectivity index (χ1n) is 14.7. The number of hydrogen-bond acceptors (Lipinski definition) is 3. The molecule has 0 bridgehead atoms. The van der Waals surface area contributed by atoms with Crippen molar-refractivity contribution in [2.75, 3.05) is 33.2 Å². The zero-order valence-corrected chi connectivity index (χ0v) is 23.5. The molecule has 2 aliphatic heterocycles. The van der Waals surface area contributed by atoms with Crippen molar-refractivity contribution in [1.29, 1.82) is 0 Å². The summed E-state index contributed by atoms with van der Waals surface area (Å²) in [6.07, 6.45) is 7.20. The van der Waals surface area contributed by atoms with E-state index in [1.54, 1.807) is 7.05 Å². The van der Waals surface area contributed by atoms with Crippen LogP contribution >= 0.6 is 0 Å². The monoisotopic (exact) mass is 540 g/mol. The van der Waals surface area contributed by atoms with Gasteiger partial charge in [-0.2, -0.15) is 0 Å². The van der Waals surface area contributed by atoms with Crippen molar-refractivity contribution >= 4 is 33.7 Å². The van der Waals surface area contributed by atoms with E-state index in [0.717, 1.165) is 68.2 Å². The van der Waals surface area contributed by atoms with Crippen LogP contribution in [0, 0.1) is 6.92 Å². The Morgan fingerprint density at radius 1 is 1.00 bits per heavy atom. The molecule has 4 N–H and O–H groups in total. The predicted molar refractivity (Wildman–Crippen MR) is 160 cm³/mol. The number of fused-ring (bicyclic) bond motifs is 2. The molecule has 8 nitrogen and oxygen atoms in total. The molecule has 2 saturated heterocycles. The molecule has 0 saturated carbocycles. The second kappa shape index (κ2) is 11.4. The van der Waals surface area contributed by atoms with Gasteiger partial charge < -0.3 is 30.4 Å². The molecule has 2 aliphatic rings. The topological polar surface area (TPSA) is 96.3 Å². The van der Waals surface area contributed by atoms with Crippen molar-refractivity contribution in [3.8, 4) is 0 Å². The highest BCUT2D eigenvalue weighted by atomic mass is 16.2. The Balaban J connectivity index is 1.11. The Morgan fingerprint density at radius 3 is 2.65 bits per heavy atom. The van der Waals surface area contributed by atoms with Crippen LogP contribution in [0.1, 0.15) is 59.6 Å². The van der Waals surface area contributed by atoms with Crippen molar-refractivity contribution in [2.45, 2.75) is 57.0 Å². The van der Waals surface area contributed by atoms with E-state index in [-0.39, 0.29) is 24.0 Å². The lowest BCUT2D eigenvalue weighted by Crippen LogP contribution is -2.55. The summed E-state index contributed by atoms with van der Waals surface area (Å²) in [7, 11) is 1.62. The molecule has 2 atom stereocenters. The molecule has 6 rings (SSSR count). The molecule has 40 heavy (non-hydrogen) atoms. The first kappa shape index (κ1) is 26.4. The van der Waals surface area contributed by atoms with Gasteiger partial charge in [0.15, 0.2) is 0 Å². The van der Waals surface area contributed by atoms with Gasteiger partial charge in [-0.05, 0) is 87.4 Å². The number of aryl methyl sites for hydroxylation is 1. The minimum atomic E-state index is -0.199. The number of nitrogens with zero attached hydrogens (tertiary/aromatic N) is 2. The normalized spacial score (nSPS) is 20.7. The molecule has 210 valence electrons. The van der Waals surface area contributed by atoms with Crippen LogP contribution in [0.5, 0.6) is 0 Å². The minimum absolute atomic E-state index is 0.0142. The molecular formula is C32H40N6O2. The number of carbonyl (C=O) groups is 2. The van der Waals surface area contributed by atoms with Crippen LogP contribution in [0.2, 0.25) is 0 Å². The second-order valence-electron chi connectivity index (χ2n) is 11.6. The summed E-state index contributed by atoms with van der Waals surface area (Å²) in [5, 5.41) is 8.07. The van der Waals surface area contributed by atoms with Gasteiger partial charge in [0.2, 0.25) is 0 Å². The molecule has 0 radical (unpaired) electrons. The number of H-pyrrole nitrogens is 2. The van der Waals surface area contributed by atoms with Gasteiger partial charge in [-0.25, -0.2) is 4.79 Å². The first-order valence-corrected chi connectivity index (χ1v) is 14.7. The van der Waals surface area contributed by atoms with Crippen LogP contribution in [-0.2, 0) is 0 Å². The third-order valence-corrected chi connectivity index (χ3v) is 8.96. The fourth-order valence-corrected chi connectivity index (χ4v) is 6.69. The molecule has 2 unspecified atom stereocenters. The Bertz CT molecular complexity index is 1500. The average Bonchev–Trinajstić information content (AvgIpc) is 3.60. The highest BCUT2D eigenvalue weighted by Crippen LogP contribution is 2.33. The number of piperidine rings is 2. The van der Waals surface area contributed by atoms with Gasteiger partial charge in [0.1, 0.15) is 5.69 Å². The molecule has 4 heterocycles. The molecule has 8 heteroatoms. The van der Waals surface area contributed by atoms with Crippen LogP contribution in [0.25, 0.3) is 21.8 Å². The van der Waals surface area contributed by atoms with E-state index in [1.165, 1.54) is 16.5 Å². The van der Waals surface area contributed by atoms with E-state index in [4.69, 9.17) is 0 Å². The van der Waals surface area contributed by atoms with Gasteiger partial charge in [-0.15, -0.1) is 0 Å². The third kappa shape index (κ3) is 5.45. The highest BCUT2D eigenvalue weighted by Gasteiger charge is 2.34. The molecule has 2 aromatic heterocycles. The van der Waals surface area contributed by atoms with Crippen LogP contribution < -0.4 is 10.6 Å². The summed E-state index contributed by atoms with van der Waals surface area (Å²) < 4.78 is 0. The smallest absolute Gasteiger partial charge is 0.314 e. The molecule has 2 aromatic carbocycles. The zero-order chi connectivity index (χ0) is 27.6. The van der Waals surface area contributed by atoms with Gasteiger partial charge in [-0.1, -0.05) is 30.3 Å². The number of carbonyl (C=O) groups excluding carboxylic acids is 2. The quantitative estimate of drug-likeness (QED) is 0.273. The largest absolute Gasteiger partial charge is 0.361 e. The Hall–Kier alpha value is -3.78. The van der Waals surface area contributed by atoms with E-state index in [2.05, 4.69) is 81.1 Å². The third-order valence-electron chi connectivity index (χ3n) is 8.96. The van der Waals surface area contributed by atoms with Crippen molar-refractivity contribution in [3.05, 3.63) is 71.5 Å². The number of benzene rings is 2. The van der Waals surface area contributed by atoms with E-state index in [0.29, 0.717) is 18.2 Å². The van der Waals surface area contributed by atoms with Gasteiger partial charge >= 0.3 is 6.03 Å². The van der Waals surface area contributed by atoms with E-state index >= 15 is 0 Å². The minimum Gasteiger partial charge on any atom is -0.361 e. The maximum atomic E-state index is 13.8. The van der Waals surface area contributed by atoms with Gasteiger partial charge in [-0.3, -0.25) is 4.79 Å². The number of para-hydroxylation sites is 1. The molecule has 0 aliphatic carbocycles. The lowest BCUT2D eigenvalue weighted by Gasteiger charge is -2.41. The summed E-state index contributed by atoms with van der Waals surface area (Å²) in [6.45, 7) is 5.71. The number of amides is 3. The van der Waals surface area contributed by atoms with Gasteiger partial charge in [0.05, 0.1) is 0 Å². The zero-order valence-electron chi connectivity index (χ0n) is 23.5. The average molecular weight is 541 g/mol. The highest BCUT2D eigenvalue weighted by molar-refractivity contribution is 5.98. The number of urea groups is 1. The number of hydrogen-bond donors (Lipinski definition) is 4. The second-order valence-corrected chi connectivity index (χ2v) is 11.6. The fraction of sp³-hybridized carbons (Fsp3) is 0.438. The number of rotatable bonds is 6. The van der Waals surface area contributed by atoms with E-state index < -0.39 is 0 Å². The summed E-state index contributed by atoms with van der Waals surface area (Å²) in [4.78, 5) is 37.2. The van der Waals surface area contributed by atoms with Crippen LogP contribution in [0.4, 0.5) is 4.79 Å². The van der Waals surface area contributed by atoms with E-state index in [1.807, 2.05) is 11.0 Å². The maximum Gasteiger partial charge on any atom is 0.314 e. The van der Waals surface area contributed by atoms with Crippen molar-refractivity contribution in [1.82, 2.24) is 30.4 Å². The molecular weight excluding hydrogens is 500 g/mol. The first-order chi connectivity index (χ1) is 19.5. The lowest BCUT2D eigenvalue weighted by molar-refractivity contribution is 0.0528. The van der Waals surface area contributed by atoms with E-state index in [9.17, 15) is 9.59 Å². The van der Waals surface area contributed by atoms with Crippen molar-refractivity contribution in [2.24, 2.45) is 0 Å². The number of nitrogens with one attached hydrogen (secondary N) is 4. The van der Waals surface area contributed by atoms with Gasteiger partial charge in [0, 0.05) is 60.2 Å². The van der Waals surface area contributed by atoms with Crippen LogP contribution in [0.3, 0.4) is 0 Å². The number of aromatic amines is 2. The number of aromatic nitrogens is 2. The standard InChI is InChI=1S/C32H40N6O2/c1-21-7-8-23-18-30(36-29(23)17-21)31(39)38-20-24(35-32(40)33-2)9-10-25(38)13-16-37-14-11-22(12-15-37)27-19-34-28-6-4-3-5-26(27)28/h3-8,17-19,22,24-25,34,36H,9-16,20H2,1-2H3,(H2,33,35,40). The summed E-state index contributed by atoms with van der Waals surface area (Å²) in [6, 6.07) is 16.6. The maximum absolute atomic E-state index is 13.8. The van der Waals surface area contributed by atoms with Gasteiger partial charge in [0.25, 0.3) is 5.91 Å². The Morgan fingerprint density at radius 2 is 1.82 bits per heavy atom. The summed E-state index contributed by atoms with van der Waals surface area (Å²) >= 11 is 0. The molecule has 3 amide bonds. The van der Waals surface area contributed by atoms with Crippen molar-refractivity contribution < 1.29 is 9.59 Å². The number of likely N-dealkylation sites (tertiary alicyclic amines) is 2. The van der Waals surface area contributed by atoms with Crippen LogP contribution in [-0.4, -0.2) is 77.0 Å². The molecule has 2 fully saturated rings. The summed E-state index contributed by atoms with van der Waals surface area (Å²) in [5.74, 6) is 0.600. The Labute approximate surface area is 235 Å². The van der Waals surface area contributed by atoms with Crippen molar-refractivity contribution in [3.63, 3.8) is 0 Å².